The summed E-state index contributed by atoms with van der Waals surface area (Å²) in [7, 11) is 0. The summed E-state index contributed by atoms with van der Waals surface area (Å²) >= 11 is 3.20. The molecule has 1 rings (SSSR count). The summed E-state index contributed by atoms with van der Waals surface area (Å²) in [5, 5.41) is 9.07. The largest absolute Gasteiger partial charge is 0.508 e. The highest BCUT2D eigenvalue weighted by atomic mass is 79.9. The predicted octanol–water partition coefficient (Wildman–Crippen LogP) is 3.07. The maximum absolute atomic E-state index is 9.07. The van der Waals surface area contributed by atoms with Gasteiger partial charge in [0.15, 0.2) is 0 Å². The van der Waals surface area contributed by atoms with Gasteiger partial charge in [-0.2, -0.15) is 0 Å². The number of aryl methyl sites for hydroxylation is 1. The Balaban J connectivity index is 3.09. The molecule has 1 N–H and O–H groups in total. The molecule has 0 aliphatic carbocycles. The number of hydrogen-bond donors (Lipinski definition) is 1. The van der Waals surface area contributed by atoms with E-state index in [0.29, 0.717) is 5.75 Å². The third kappa shape index (κ3) is 2.09. The van der Waals surface area contributed by atoms with Crippen LogP contribution in [0, 0.1) is 6.92 Å². The maximum atomic E-state index is 9.07. The van der Waals surface area contributed by atoms with Gasteiger partial charge in [0.1, 0.15) is 5.75 Å². The quantitative estimate of drug-likeness (QED) is 0.759. The Morgan fingerprint density at radius 2 is 2.18 bits per heavy atom. The monoisotopic (exact) mass is 212 g/mol. The van der Waals surface area contributed by atoms with E-state index in [1.54, 1.807) is 17.1 Å². The van der Waals surface area contributed by atoms with Gasteiger partial charge in [-0.15, -0.1) is 0 Å². The van der Waals surface area contributed by atoms with Crippen LogP contribution in [0.4, 0.5) is 0 Å². The standard InChI is InChI=1S/C9H9BrO/c1-7-6-9(11)3-2-8(7)4-5-10/h2-6,11H,1H3/b5-4+. The molecule has 0 fully saturated rings. The minimum Gasteiger partial charge on any atom is -0.508 e. The van der Waals surface area contributed by atoms with Gasteiger partial charge >= 0.3 is 0 Å². The first-order valence-corrected chi connectivity index (χ1v) is 4.22. The summed E-state index contributed by atoms with van der Waals surface area (Å²) in [5.41, 5.74) is 2.18. The van der Waals surface area contributed by atoms with Crippen molar-refractivity contribution in [3.05, 3.63) is 34.3 Å². The second-order valence-electron chi connectivity index (χ2n) is 2.33. The van der Waals surface area contributed by atoms with Gasteiger partial charge in [-0.3, -0.25) is 0 Å². The summed E-state index contributed by atoms with van der Waals surface area (Å²) in [4.78, 5) is 1.80. The van der Waals surface area contributed by atoms with Gasteiger partial charge in [0, 0.05) is 0 Å². The Morgan fingerprint density at radius 1 is 1.45 bits per heavy atom. The second kappa shape index (κ2) is 3.58. The van der Waals surface area contributed by atoms with E-state index in [1.807, 2.05) is 19.1 Å². The average Bonchev–Trinajstić information content (AvgIpc) is 1.95. The molecule has 0 saturated carbocycles. The molecule has 11 heavy (non-hydrogen) atoms. The lowest BCUT2D eigenvalue weighted by molar-refractivity contribution is 0.475. The molecule has 0 bridgehead atoms. The lowest BCUT2D eigenvalue weighted by Gasteiger charge is -1.99. The van der Waals surface area contributed by atoms with Crippen LogP contribution in [0.25, 0.3) is 6.08 Å². The van der Waals surface area contributed by atoms with Crippen LogP contribution in [0.5, 0.6) is 5.75 Å². The summed E-state index contributed by atoms with van der Waals surface area (Å²) < 4.78 is 0. The van der Waals surface area contributed by atoms with E-state index in [1.165, 1.54) is 0 Å². The van der Waals surface area contributed by atoms with E-state index in [4.69, 9.17) is 5.11 Å². The number of hydrogen-bond acceptors (Lipinski definition) is 1. The zero-order valence-electron chi connectivity index (χ0n) is 6.21. The van der Waals surface area contributed by atoms with Gasteiger partial charge in [0.25, 0.3) is 0 Å². The third-order valence-electron chi connectivity index (χ3n) is 1.50. The van der Waals surface area contributed by atoms with Crippen molar-refractivity contribution in [2.75, 3.05) is 0 Å². The molecule has 0 unspecified atom stereocenters. The molecular formula is C9H9BrO. The molecule has 1 aromatic rings. The molecule has 0 amide bonds. The average molecular weight is 213 g/mol. The SMILES string of the molecule is Cc1cc(O)ccc1/C=C/Br. The Kier molecular flexibility index (Phi) is 2.71. The number of rotatable bonds is 1. The fourth-order valence-electron chi connectivity index (χ4n) is 0.915. The van der Waals surface area contributed by atoms with Crippen LogP contribution in [-0.2, 0) is 0 Å². The van der Waals surface area contributed by atoms with Gasteiger partial charge in [0.2, 0.25) is 0 Å². The Labute approximate surface area is 74.5 Å². The van der Waals surface area contributed by atoms with Gasteiger partial charge in [0.05, 0.1) is 0 Å². The number of aromatic hydroxyl groups is 1. The molecule has 58 valence electrons. The Bertz CT molecular complexity index is 279. The predicted molar refractivity (Wildman–Crippen MR) is 50.8 cm³/mol. The smallest absolute Gasteiger partial charge is 0.115 e. The van der Waals surface area contributed by atoms with Gasteiger partial charge in [-0.1, -0.05) is 22.0 Å². The molecule has 0 saturated heterocycles. The van der Waals surface area contributed by atoms with E-state index in [0.717, 1.165) is 11.1 Å². The lowest BCUT2D eigenvalue weighted by Crippen LogP contribution is -1.78. The van der Waals surface area contributed by atoms with Crippen LogP contribution < -0.4 is 0 Å². The van der Waals surface area contributed by atoms with Crippen molar-refractivity contribution in [2.45, 2.75) is 6.92 Å². The minimum absolute atomic E-state index is 0.314. The van der Waals surface area contributed by atoms with Crippen molar-refractivity contribution in [2.24, 2.45) is 0 Å². The Hall–Kier alpha value is -0.760. The van der Waals surface area contributed by atoms with Crippen LogP contribution in [0.3, 0.4) is 0 Å². The van der Waals surface area contributed by atoms with E-state index < -0.39 is 0 Å². The molecule has 1 nitrogen and oxygen atoms in total. The molecule has 0 radical (unpaired) electrons. The van der Waals surface area contributed by atoms with Crippen LogP contribution >= 0.6 is 15.9 Å². The molecule has 2 heteroatoms. The van der Waals surface area contributed by atoms with E-state index >= 15 is 0 Å². The van der Waals surface area contributed by atoms with Gasteiger partial charge in [-0.05, 0) is 41.2 Å². The van der Waals surface area contributed by atoms with Crippen LogP contribution in [0.2, 0.25) is 0 Å². The number of phenols is 1. The highest BCUT2D eigenvalue weighted by Crippen LogP contribution is 2.16. The molecule has 0 heterocycles. The van der Waals surface area contributed by atoms with Crippen molar-refractivity contribution in [1.82, 2.24) is 0 Å². The normalized spacial score (nSPS) is 10.7. The van der Waals surface area contributed by atoms with Crippen molar-refractivity contribution in [3.63, 3.8) is 0 Å². The molecule has 0 aromatic heterocycles. The van der Waals surface area contributed by atoms with Crippen LogP contribution in [-0.4, -0.2) is 5.11 Å². The molecule has 0 spiro atoms. The third-order valence-corrected chi connectivity index (χ3v) is 1.76. The summed E-state index contributed by atoms with van der Waals surface area (Å²) in [6, 6.07) is 5.29. The minimum atomic E-state index is 0.314. The number of benzene rings is 1. The molecule has 0 aliphatic rings. The van der Waals surface area contributed by atoms with Gasteiger partial charge < -0.3 is 5.11 Å². The molecule has 0 atom stereocenters. The van der Waals surface area contributed by atoms with Crippen molar-refractivity contribution < 1.29 is 5.11 Å². The maximum Gasteiger partial charge on any atom is 0.115 e. The fourth-order valence-corrected chi connectivity index (χ4v) is 1.20. The zero-order valence-corrected chi connectivity index (χ0v) is 7.80. The van der Waals surface area contributed by atoms with E-state index in [-0.39, 0.29) is 0 Å². The van der Waals surface area contributed by atoms with Gasteiger partial charge in [-0.25, -0.2) is 0 Å². The molecular weight excluding hydrogens is 204 g/mol. The second-order valence-corrected chi connectivity index (χ2v) is 2.86. The summed E-state index contributed by atoms with van der Waals surface area (Å²) in [6.07, 6.45) is 1.94. The first-order valence-electron chi connectivity index (χ1n) is 3.30. The first-order chi connectivity index (χ1) is 5.24. The summed E-state index contributed by atoms with van der Waals surface area (Å²) in [6.45, 7) is 1.96. The fraction of sp³-hybridized carbons (Fsp3) is 0.111. The zero-order chi connectivity index (χ0) is 8.27. The van der Waals surface area contributed by atoms with E-state index in [2.05, 4.69) is 15.9 Å². The number of phenolic OH excluding ortho intramolecular Hbond substituents is 1. The van der Waals surface area contributed by atoms with Crippen molar-refractivity contribution in [1.29, 1.82) is 0 Å². The Morgan fingerprint density at radius 3 is 2.73 bits per heavy atom. The molecule has 1 aromatic carbocycles. The highest BCUT2D eigenvalue weighted by molar-refractivity contribution is 9.11. The topological polar surface area (TPSA) is 20.2 Å². The number of halogens is 1. The van der Waals surface area contributed by atoms with Crippen LogP contribution in [0.1, 0.15) is 11.1 Å². The van der Waals surface area contributed by atoms with Crippen molar-refractivity contribution in [3.8, 4) is 5.75 Å². The summed E-state index contributed by atoms with van der Waals surface area (Å²) in [5.74, 6) is 0.314. The first kappa shape index (κ1) is 8.34. The molecule has 0 aliphatic heterocycles. The van der Waals surface area contributed by atoms with Crippen LogP contribution in [0.15, 0.2) is 23.2 Å². The highest BCUT2D eigenvalue weighted by Gasteiger charge is 1.93. The lowest BCUT2D eigenvalue weighted by atomic mass is 10.1. The van der Waals surface area contributed by atoms with E-state index in [9.17, 15) is 0 Å². The van der Waals surface area contributed by atoms with Crippen molar-refractivity contribution >= 4 is 22.0 Å².